The fraction of sp³-hybridized carbons (Fsp3) is 0.0952. The number of nitro groups is 1. The van der Waals surface area contributed by atoms with Crippen LogP contribution in [0.25, 0.3) is 17.4 Å². The summed E-state index contributed by atoms with van der Waals surface area (Å²) in [6.45, 7) is 3.92. The van der Waals surface area contributed by atoms with Crippen LogP contribution in [0.5, 0.6) is 0 Å². The van der Waals surface area contributed by atoms with Crippen LogP contribution in [-0.4, -0.2) is 10.8 Å². The van der Waals surface area contributed by atoms with Gasteiger partial charge in [0.25, 0.3) is 5.69 Å². The molecule has 0 aliphatic rings. The average Bonchev–Trinajstić information content (AvgIpc) is 3.11. The van der Waals surface area contributed by atoms with Gasteiger partial charge in [0.05, 0.1) is 10.5 Å². The number of hydrogen-bond acceptors (Lipinski definition) is 4. The van der Waals surface area contributed by atoms with Crippen molar-refractivity contribution in [1.82, 2.24) is 0 Å². The highest BCUT2D eigenvalue weighted by Gasteiger charge is 2.16. The molecule has 0 saturated carbocycles. The largest absolute Gasteiger partial charge is 0.456 e. The number of nitro benzene ring substituents is 1. The Kier molecular flexibility index (Phi) is 5.17. The molecule has 0 spiro atoms. The molecule has 0 saturated heterocycles. The molecular weight excluding hydrogens is 344 g/mol. The number of amides is 1. The standard InChI is InChI=1S/C21H18N2O4/c1-14-7-10-18(15(2)13-14)22-21(24)12-9-16-8-11-20(27-16)17-5-3-4-6-19(17)23(25)26/h3-13H,1-2H3,(H,22,24). The predicted molar refractivity (Wildman–Crippen MR) is 104 cm³/mol. The van der Waals surface area contributed by atoms with Gasteiger partial charge in [0.2, 0.25) is 5.91 Å². The van der Waals surface area contributed by atoms with Crippen LogP contribution < -0.4 is 5.32 Å². The van der Waals surface area contributed by atoms with Gasteiger partial charge in [-0.2, -0.15) is 0 Å². The zero-order valence-electron chi connectivity index (χ0n) is 14.9. The van der Waals surface area contributed by atoms with E-state index in [9.17, 15) is 14.9 Å². The topological polar surface area (TPSA) is 85.4 Å². The fourth-order valence-corrected chi connectivity index (χ4v) is 2.71. The van der Waals surface area contributed by atoms with E-state index in [2.05, 4.69) is 5.32 Å². The number of benzene rings is 2. The molecule has 2 aromatic carbocycles. The van der Waals surface area contributed by atoms with E-state index in [1.807, 2.05) is 32.0 Å². The second kappa shape index (κ2) is 7.70. The first-order valence-corrected chi connectivity index (χ1v) is 8.34. The van der Waals surface area contributed by atoms with Crippen molar-refractivity contribution < 1.29 is 14.1 Å². The van der Waals surface area contributed by atoms with Crippen molar-refractivity contribution in [2.75, 3.05) is 5.32 Å². The summed E-state index contributed by atoms with van der Waals surface area (Å²) < 4.78 is 5.63. The van der Waals surface area contributed by atoms with E-state index in [1.165, 1.54) is 18.2 Å². The number of nitrogens with one attached hydrogen (secondary N) is 1. The molecule has 6 nitrogen and oxygen atoms in total. The third-order valence-corrected chi connectivity index (χ3v) is 4.03. The Morgan fingerprint density at radius 2 is 1.89 bits per heavy atom. The number of hydrogen-bond donors (Lipinski definition) is 1. The molecule has 1 heterocycles. The van der Waals surface area contributed by atoms with Crippen LogP contribution in [0.3, 0.4) is 0 Å². The van der Waals surface area contributed by atoms with Crippen molar-refractivity contribution in [2.24, 2.45) is 0 Å². The molecule has 3 rings (SSSR count). The van der Waals surface area contributed by atoms with Crippen molar-refractivity contribution in [1.29, 1.82) is 0 Å². The minimum Gasteiger partial charge on any atom is -0.456 e. The van der Waals surface area contributed by atoms with Crippen molar-refractivity contribution in [3.05, 3.63) is 87.7 Å². The lowest BCUT2D eigenvalue weighted by molar-refractivity contribution is -0.384. The number of nitrogens with zero attached hydrogens (tertiary/aromatic N) is 1. The molecule has 0 aliphatic heterocycles. The number of rotatable bonds is 5. The van der Waals surface area contributed by atoms with E-state index in [1.54, 1.807) is 30.3 Å². The van der Waals surface area contributed by atoms with Crippen LogP contribution in [-0.2, 0) is 4.79 Å². The predicted octanol–water partition coefficient (Wildman–Crippen LogP) is 5.12. The molecule has 1 aromatic heterocycles. The quantitative estimate of drug-likeness (QED) is 0.388. The van der Waals surface area contributed by atoms with Gasteiger partial charge in [-0.25, -0.2) is 0 Å². The maximum atomic E-state index is 12.1. The van der Waals surface area contributed by atoms with Gasteiger partial charge in [-0.1, -0.05) is 29.8 Å². The lowest BCUT2D eigenvalue weighted by atomic mass is 10.1. The SMILES string of the molecule is Cc1ccc(NC(=O)C=Cc2ccc(-c3ccccc3[N+](=O)[O-])o2)c(C)c1. The molecular formula is C21H18N2O4. The molecule has 3 aromatic rings. The molecule has 0 aliphatic carbocycles. The lowest BCUT2D eigenvalue weighted by Crippen LogP contribution is -2.08. The van der Waals surface area contributed by atoms with E-state index in [-0.39, 0.29) is 11.6 Å². The first-order valence-electron chi connectivity index (χ1n) is 8.34. The van der Waals surface area contributed by atoms with Crippen LogP contribution in [0.2, 0.25) is 0 Å². The van der Waals surface area contributed by atoms with E-state index in [0.717, 1.165) is 16.8 Å². The molecule has 27 heavy (non-hydrogen) atoms. The van der Waals surface area contributed by atoms with Crippen LogP contribution in [0.4, 0.5) is 11.4 Å². The summed E-state index contributed by atoms with van der Waals surface area (Å²) in [6.07, 6.45) is 2.89. The van der Waals surface area contributed by atoms with Crippen molar-refractivity contribution in [3.63, 3.8) is 0 Å². The third kappa shape index (κ3) is 4.30. The van der Waals surface area contributed by atoms with E-state index in [0.29, 0.717) is 17.1 Å². The Morgan fingerprint density at radius 3 is 2.63 bits per heavy atom. The highest BCUT2D eigenvalue weighted by Crippen LogP contribution is 2.31. The van der Waals surface area contributed by atoms with Gasteiger partial charge in [0.15, 0.2) is 0 Å². The molecule has 0 radical (unpaired) electrons. The Morgan fingerprint density at radius 1 is 1.11 bits per heavy atom. The van der Waals surface area contributed by atoms with Crippen LogP contribution >= 0.6 is 0 Å². The van der Waals surface area contributed by atoms with E-state index >= 15 is 0 Å². The lowest BCUT2D eigenvalue weighted by Gasteiger charge is -2.06. The van der Waals surface area contributed by atoms with E-state index in [4.69, 9.17) is 4.42 Å². The second-order valence-corrected chi connectivity index (χ2v) is 6.12. The van der Waals surface area contributed by atoms with Gasteiger partial charge in [-0.05, 0) is 49.8 Å². The minimum absolute atomic E-state index is 0.0324. The summed E-state index contributed by atoms with van der Waals surface area (Å²) >= 11 is 0. The van der Waals surface area contributed by atoms with Gasteiger partial charge < -0.3 is 9.73 Å². The first kappa shape index (κ1) is 18.1. The molecule has 0 unspecified atom stereocenters. The maximum Gasteiger partial charge on any atom is 0.280 e. The Hall–Kier alpha value is -3.67. The van der Waals surface area contributed by atoms with Gasteiger partial charge in [0, 0.05) is 17.8 Å². The summed E-state index contributed by atoms with van der Waals surface area (Å²) in [5.41, 5.74) is 3.21. The van der Waals surface area contributed by atoms with Crippen molar-refractivity contribution >= 4 is 23.4 Å². The number of aryl methyl sites for hydroxylation is 2. The second-order valence-electron chi connectivity index (χ2n) is 6.12. The Labute approximate surface area is 156 Å². The van der Waals surface area contributed by atoms with Gasteiger partial charge in [-0.3, -0.25) is 14.9 Å². The summed E-state index contributed by atoms with van der Waals surface area (Å²) in [7, 11) is 0. The molecule has 1 N–H and O–H groups in total. The van der Waals surface area contributed by atoms with Crippen molar-refractivity contribution in [2.45, 2.75) is 13.8 Å². The zero-order chi connectivity index (χ0) is 19.4. The molecule has 1 amide bonds. The summed E-state index contributed by atoms with van der Waals surface area (Å²) in [5.74, 6) is 0.515. The van der Waals surface area contributed by atoms with Crippen LogP contribution in [0.15, 0.2) is 65.1 Å². The summed E-state index contributed by atoms with van der Waals surface area (Å²) in [6, 6.07) is 15.4. The number of para-hydroxylation sites is 1. The van der Waals surface area contributed by atoms with Gasteiger partial charge in [0.1, 0.15) is 11.5 Å². The smallest absolute Gasteiger partial charge is 0.280 e. The van der Waals surface area contributed by atoms with Crippen LogP contribution in [0, 0.1) is 24.0 Å². The number of furan rings is 1. The third-order valence-electron chi connectivity index (χ3n) is 4.03. The maximum absolute atomic E-state index is 12.1. The monoisotopic (exact) mass is 362 g/mol. The fourth-order valence-electron chi connectivity index (χ4n) is 2.71. The molecule has 0 fully saturated rings. The molecule has 136 valence electrons. The Bertz CT molecular complexity index is 1030. The van der Waals surface area contributed by atoms with Crippen LogP contribution in [0.1, 0.15) is 16.9 Å². The summed E-state index contributed by atoms with van der Waals surface area (Å²) in [4.78, 5) is 22.8. The minimum atomic E-state index is -0.454. The van der Waals surface area contributed by atoms with Crippen molar-refractivity contribution in [3.8, 4) is 11.3 Å². The normalized spacial score (nSPS) is 10.9. The zero-order valence-corrected chi connectivity index (χ0v) is 14.9. The van der Waals surface area contributed by atoms with Gasteiger partial charge >= 0.3 is 0 Å². The number of anilines is 1. The Balaban J connectivity index is 1.74. The number of carbonyl (C=O) groups excluding carboxylic acids is 1. The molecule has 0 bridgehead atoms. The highest BCUT2D eigenvalue weighted by atomic mass is 16.6. The van der Waals surface area contributed by atoms with Gasteiger partial charge in [-0.15, -0.1) is 0 Å². The summed E-state index contributed by atoms with van der Waals surface area (Å²) in [5, 5.41) is 13.9. The number of carbonyl (C=O) groups is 1. The van der Waals surface area contributed by atoms with E-state index < -0.39 is 4.92 Å². The average molecular weight is 362 g/mol. The molecule has 6 heteroatoms. The highest BCUT2D eigenvalue weighted by molar-refractivity contribution is 6.02. The molecule has 0 atom stereocenters. The first-order chi connectivity index (χ1) is 12.9.